The van der Waals surface area contributed by atoms with Crippen LogP contribution in [0, 0.1) is 0 Å². The molecule has 0 spiro atoms. The molecule has 0 aromatic heterocycles. The van der Waals surface area contributed by atoms with Gasteiger partial charge in [0.15, 0.2) is 17.3 Å². The summed E-state index contributed by atoms with van der Waals surface area (Å²) in [5, 5.41) is 2.87. The van der Waals surface area contributed by atoms with E-state index in [2.05, 4.69) is 5.32 Å². The van der Waals surface area contributed by atoms with Gasteiger partial charge in [0.2, 0.25) is 0 Å². The van der Waals surface area contributed by atoms with Crippen molar-refractivity contribution in [2.24, 2.45) is 0 Å². The Morgan fingerprint density at radius 3 is 2.80 bits per heavy atom. The van der Waals surface area contributed by atoms with Crippen LogP contribution in [-0.4, -0.2) is 45.8 Å². The first-order chi connectivity index (χ1) is 9.76. The third-order valence-electron chi connectivity index (χ3n) is 3.29. The Morgan fingerprint density at radius 2 is 2.15 bits per heavy atom. The second-order valence-electron chi connectivity index (χ2n) is 4.72. The molecule has 1 N–H and O–H groups in total. The highest BCUT2D eigenvalue weighted by Gasteiger charge is 2.22. The molecule has 1 heterocycles. The molecule has 1 fully saturated rings. The highest BCUT2D eigenvalue weighted by Crippen LogP contribution is 2.33. The van der Waals surface area contributed by atoms with Crippen molar-refractivity contribution in [1.82, 2.24) is 5.32 Å². The number of rotatable bonds is 6. The molecule has 5 heteroatoms. The second-order valence-corrected chi connectivity index (χ2v) is 4.72. The van der Waals surface area contributed by atoms with Crippen molar-refractivity contribution in [3.63, 3.8) is 0 Å². The smallest absolute Gasteiger partial charge is 0.180 e. The standard InChI is InChI=1S/C15H21NO4/c1-16-10-13(17)12-4-3-5-14(18-2)15(12)20-11-6-8-19-9-7-11/h3-5,11,16H,6-10H2,1-2H3. The molecule has 0 radical (unpaired) electrons. The van der Waals surface area contributed by atoms with Crippen molar-refractivity contribution in [3.8, 4) is 11.5 Å². The average molecular weight is 279 g/mol. The van der Waals surface area contributed by atoms with E-state index in [1.807, 2.05) is 6.07 Å². The van der Waals surface area contributed by atoms with Crippen LogP contribution < -0.4 is 14.8 Å². The zero-order chi connectivity index (χ0) is 14.4. The minimum Gasteiger partial charge on any atom is -0.493 e. The molecule has 0 saturated carbocycles. The van der Waals surface area contributed by atoms with Gasteiger partial charge < -0.3 is 19.5 Å². The molecule has 1 aliphatic rings. The van der Waals surface area contributed by atoms with Gasteiger partial charge in [0.25, 0.3) is 0 Å². The van der Waals surface area contributed by atoms with Crippen molar-refractivity contribution in [2.75, 3.05) is 33.9 Å². The Bertz CT molecular complexity index is 455. The molecule has 0 unspecified atom stereocenters. The molecular formula is C15H21NO4. The molecular weight excluding hydrogens is 258 g/mol. The van der Waals surface area contributed by atoms with E-state index < -0.39 is 0 Å². The van der Waals surface area contributed by atoms with E-state index in [1.54, 1.807) is 26.3 Å². The van der Waals surface area contributed by atoms with Gasteiger partial charge in [0, 0.05) is 12.8 Å². The number of Topliss-reactive ketones (excluding diaryl/α,β-unsaturated/α-hetero) is 1. The fraction of sp³-hybridized carbons (Fsp3) is 0.533. The normalized spacial score (nSPS) is 15.9. The number of ether oxygens (including phenoxy) is 3. The van der Waals surface area contributed by atoms with Crippen LogP contribution in [0.15, 0.2) is 18.2 Å². The van der Waals surface area contributed by atoms with E-state index in [9.17, 15) is 4.79 Å². The average Bonchev–Trinajstić information content (AvgIpc) is 2.48. The predicted octanol–water partition coefficient (Wildman–Crippen LogP) is 1.66. The Morgan fingerprint density at radius 1 is 1.40 bits per heavy atom. The number of ketones is 1. The van der Waals surface area contributed by atoms with Gasteiger partial charge in [-0.1, -0.05) is 6.07 Å². The van der Waals surface area contributed by atoms with Crippen LogP contribution in [0.2, 0.25) is 0 Å². The lowest BCUT2D eigenvalue weighted by Gasteiger charge is -2.25. The van der Waals surface area contributed by atoms with Crippen molar-refractivity contribution in [2.45, 2.75) is 18.9 Å². The van der Waals surface area contributed by atoms with Crippen LogP contribution in [0.5, 0.6) is 11.5 Å². The zero-order valence-corrected chi connectivity index (χ0v) is 12.0. The Balaban J connectivity index is 2.24. The van der Waals surface area contributed by atoms with Gasteiger partial charge in [0.05, 0.1) is 32.4 Å². The van der Waals surface area contributed by atoms with Gasteiger partial charge in [-0.3, -0.25) is 4.79 Å². The monoisotopic (exact) mass is 279 g/mol. The molecule has 1 aliphatic heterocycles. The maximum atomic E-state index is 12.2. The Kier molecular flexibility index (Phi) is 5.38. The number of carbonyl (C=O) groups excluding carboxylic acids is 1. The molecule has 0 aliphatic carbocycles. The maximum absolute atomic E-state index is 12.2. The summed E-state index contributed by atoms with van der Waals surface area (Å²) in [5.74, 6) is 1.13. The van der Waals surface area contributed by atoms with Crippen molar-refractivity contribution >= 4 is 5.78 Å². The van der Waals surface area contributed by atoms with Gasteiger partial charge in [-0.2, -0.15) is 0 Å². The number of methoxy groups -OCH3 is 1. The van der Waals surface area contributed by atoms with Gasteiger partial charge in [-0.05, 0) is 19.2 Å². The summed E-state index contributed by atoms with van der Waals surface area (Å²) in [7, 11) is 3.33. The number of nitrogens with one attached hydrogen (secondary N) is 1. The quantitative estimate of drug-likeness (QED) is 0.803. The van der Waals surface area contributed by atoms with Crippen LogP contribution in [-0.2, 0) is 4.74 Å². The molecule has 20 heavy (non-hydrogen) atoms. The van der Waals surface area contributed by atoms with Gasteiger partial charge >= 0.3 is 0 Å². The van der Waals surface area contributed by atoms with Gasteiger partial charge in [0.1, 0.15) is 6.10 Å². The lowest BCUT2D eigenvalue weighted by atomic mass is 10.1. The van der Waals surface area contributed by atoms with E-state index in [0.717, 1.165) is 12.8 Å². The van der Waals surface area contributed by atoms with E-state index in [1.165, 1.54) is 0 Å². The zero-order valence-electron chi connectivity index (χ0n) is 12.0. The van der Waals surface area contributed by atoms with E-state index in [4.69, 9.17) is 14.2 Å². The van der Waals surface area contributed by atoms with Crippen LogP contribution in [0.25, 0.3) is 0 Å². The first-order valence-corrected chi connectivity index (χ1v) is 6.85. The van der Waals surface area contributed by atoms with Gasteiger partial charge in [-0.15, -0.1) is 0 Å². The predicted molar refractivity (Wildman–Crippen MR) is 75.7 cm³/mol. The topological polar surface area (TPSA) is 56.8 Å². The van der Waals surface area contributed by atoms with Gasteiger partial charge in [-0.25, -0.2) is 0 Å². The molecule has 0 bridgehead atoms. The molecule has 110 valence electrons. The van der Waals surface area contributed by atoms with Crippen LogP contribution in [0.3, 0.4) is 0 Å². The maximum Gasteiger partial charge on any atom is 0.180 e. The minimum absolute atomic E-state index is 0.00606. The van der Waals surface area contributed by atoms with Crippen molar-refractivity contribution in [1.29, 1.82) is 0 Å². The van der Waals surface area contributed by atoms with E-state index in [-0.39, 0.29) is 18.4 Å². The molecule has 5 nitrogen and oxygen atoms in total. The summed E-state index contributed by atoms with van der Waals surface area (Å²) in [4.78, 5) is 12.2. The first kappa shape index (κ1) is 14.8. The van der Waals surface area contributed by atoms with Crippen LogP contribution in [0.4, 0.5) is 0 Å². The molecule has 1 saturated heterocycles. The SMILES string of the molecule is CNCC(=O)c1cccc(OC)c1OC1CCOCC1. The largest absolute Gasteiger partial charge is 0.493 e. The summed E-state index contributed by atoms with van der Waals surface area (Å²) < 4.78 is 16.7. The molecule has 0 atom stereocenters. The number of hydrogen-bond donors (Lipinski definition) is 1. The van der Waals surface area contributed by atoms with E-state index in [0.29, 0.717) is 30.3 Å². The Labute approximate surface area is 119 Å². The summed E-state index contributed by atoms with van der Waals surface area (Å²) in [6, 6.07) is 5.39. The van der Waals surface area contributed by atoms with E-state index >= 15 is 0 Å². The lowest BCUT2D eigenvalue weighted by molar-refractivity contribution is 0.0242. The third kappa shape index (κ3) is 3.49. The number of benzene rings is 1. The number of hydrogen-bond acceptors (Lipinski definition) is 5. The van der Waals surface area contributed by atoms with Crippen LogP contribution in [0.1, 0.15) is 23.2 Å². The second kappa shape index (κ2) is 7.26. The summed E-state index contributed by atoms with van der Waals surface area (Å²) in [5.41, 5.74) is 0.560. The third-order valence-corrected chi connectivity index (χ3v) is 3.29. The van der Waals surface area contributed by atoms with Crippen molar-refractivity contribution < 1.29 is 19.0 Å². The molecule has 1 aromatic carbocycles. The molecule has 2 rings (SSSR count). The molecule has 1 aromatic rings. The first-order valence-electron chi connectivity index (χ1n) is 6.85. The minimum atomic E-state index is -0.00606. The highest BCUT2D eigenvalue weighted by atomic mass is 16.5. The highest BCUT2D eigenvalue weighted by molar-refractivity contribution is 6.00. The summed E-state index contributed by atoms with van der Waals surface area (Å²) >= 11 is 0. The molecule has 0 amide bonds. The Hall–Kier alpha value is -1.59. The fourth-order valence-corrected chi connectivity index (χ4v) is 2.23. The number of carbonyl (C=O) groups is 1. The number of likely N-dealkylation sites (N-methyl/N-ethyl adjacent to an activating group) is 1. The number of para-hydroxylation sites is 1. The van der Waals surface area contributed by atoms with Crippen LogP contribution >= 0.6 is 0 Å². The summed E-state index contributed by atoms with van der Waals surface area (Å²) in [6.45, 7) is 1.66. The summed E-state index contributed by atoms with van der Waals surface area (Å²) in [6.07, 6.45) is 1.73. The lowest BCUT2D eigenvalue weighted by Crippen LogP contribution is -2.27. The fourth-order valence-electron chi connectivity index (χ4n) is 2.23. The van der Waals surface area contributed by atoms with Crippen molar-refractivity contribution in [3.05, 3.63) is 23.8 Å².